The van der Waals surface area contributed by atoms with Crippen LogP contribution in [0.25, 0.3) is 6.08 Å². The van der Waals surface area contributed by atoms with Crippen molar-refractivity contribution in [2.75, 3.05) is 6.79 Å². The van der Waals surface area contributed by atoms with Crippen LogP contribution in [-0.2, 0) is 9.53 Å². The van der Waals surface area contributed by atoms with Gasteiger partial charge in [0.15, 0.2) is 22.9 Å². The van der Waals surface area contributed by atoms with Crippen LogP contribution in [0.4, 0.5) is 5.69 Å². The Morgan fingerprint density at radius 1 is 1.06 bits per heavy atom. The first-order valence-electron chi connectivity index (χ1n) is 10.2. The quantitative estimate of drug-likeness (QED) is 0.123. The monoisotopic (exact) mass is 614 g/mol. The molecule has 0 saturated carbocycles. The normalized spacial score (nSPS) is 15.0. The van der Waals surface area contributed by atoms with Gasteiger partial charge in [0, 0.05) is 27.7 Å². The van der Waals surface area contributed by atoms with Crippen LogP contribution < -0.4 is 14.2 Å². The van der Waals surface area contributed by atoms with Crippen molar-refractivity contribution in [3.8, 4) is 17.2 Å². The average Bonchev–Trinajstić information content (AvgIpc) is 3.47. The van der Waals surface area contributed by atoms with Gasteiger partial charge in [0.05, 0.1) is 15.0 Å². The molecule has 10 nitrogen and oxygen atoms in total. The minimum Gasteiger partial charge on any atom is -0.454 e. The van der Waals surface area contributed by atoms with Crippen LogP contribution in [0.3, 0.4) is 0 Å². The van der Waals surface area contributed by atoms with Crippen LogP contribution in [0.5, 0.6) is 17.2 Å². The summed E-state index contributed by atoms with van der Waals surface area (Å²) in [6, 6.07) is 13.4. The van der Waals surface area contributed by atoms with Crippen molar-refractivity contribution in [1.29, 1.82) is 0 Å². The number of benzene rings is 3. The zero-order valence-electron chi connectivity index (χ0n) is 17.9. The smallest absolute Gasteiger partial charge is 0.363 e. The molecule has 2 aliphatic rings. The summed E-state index contributed by atoms with van der Waals surface area (Å²) in [5.41, 5.74) is 0.848. The first kappa shape index (κ1) is 23.7. The molecular formula is C24H12Br2N2O8. The largest absolute Gasteiger partial charge is 0.454 e. The molecule has 12 heteroatoms. The number of nitrogens with zero attached hydrogens (tertiary/aromatic N) is 2. The van der Waals surface area contributed by atoms with Gasteiger partial charge in [-0.1, -0.05) is 15.9 Å². The molecule has 2 aliphatic heterocycles. The van der Waals surface area contributed by atoms with E-state index in [1.54, 1.807) is 24.3 Å². The van der Waals surface area contributed by atoms with Gasteiger partial charge in [-0.2, -0.15) is 0 Å². The molecule has 0 aromatic heterocycles. The zero-order valence-corrected chi connectivity index (χ0v) is 21.1. The van der Waals surface area contributed by atoms with Crippen molar-refractivity contribution in [1.82, 2.24) is 0 Å². The third-order valence-corrected chi connectivity index (χ3v) is 6.12. The Morgan fingerprint density at radius 3 is 2.56 bits per heavy atom. The number of halogens is 2. The molecule has 0 fully saturated rings. The second kappa shape index (κ2) is 9.55. The van der Waals surface area contributed by atoms with Gasteiger partial charge < -0.3 is 18.9 Å². The van der Waals surface area contributed by atoms with Crippen LogP contribution in [0, 0.1) is 10.1 Å². The van der Waals surface area contributed by atoms with Gasteiger partial charge in [-0.15, -0.1) is 0 Å². The minimum atomic E-state index is -0.729. The summed E-state index contributed by atoms with van der Waals surface area (Å²) < 4.78 is 22.6. The number of esters is 2. The van der Waals surface area contributed by atoms with Crippen molar-refractivity contribution in [3.63, 3.8) is 0 Å². The van der Waals surface area contributed by atoms with E-state index in [0.717, 1.165) is 0 Å². The summed E-state index contributed by atoms with van der Waals surface area (Å²) in [6.45, 7) is 0.0717. The van der Waals surface area contributed by atoms with E-state index in [-0.39, 0.29) is 35.4 Å². The van der Waals surface area contributed by atoms with Gasteiger partial charge in [-0.3, -0.25) is 10.1 Å². The highest BCUT2D eigenvalue weighted by atomic mass is 79.9. The van der Waals surface area contributed by atoms with E-state index in [0.29, 0.717) is 31.6 Å². The number of non-ortho nitro benzene ring substituents is 1. The third kappa shape index (κ3) is 4.72. The SMILES string of the molecule is O=C1OC(c2ccc([N+](=O)[O-])cc2)=N/C1=C\c1cc(Br)cc(Br)c1OC(=O)c1ccc2c(c1)OCO2. The Kier molecular flexibility index (Phi) is 6.29. The lowest BCUT2D eigenvalue weighted by molar-refractivity contribution is -0.384. The van der Waals surface area contributed by atoms with Gasteiger partial charge >= 0.3 is 11.9 Å². The Hall–Kier alpha value is -4.03. The number of fused-ring (bicyclic) bond motifs is 1. The Balaban J connectivity index is 1.46. The summed E-state index contributed by atoms with van der Waals surface area (Å²) >= 11 is 6.78. The van der Waals surface area contributed by atoms with Crippen molar-refractivity contribution >= 4 is 61.5 Å². The van der Waals surface area contributed by atoms with Gasteiger partial charge in [-0.25, -0.2) is 14.6 Å². The van der Waals surface area contributed by atoms with Gasteiger partial charge in [0.2, 0.25) is 12.7 Å². The number of hydrogen-bond donors (Lipinski definition) is 0. The predicted octanol–water partition coefficient (Wildman–Crippen LogP) is 5.41. The molecule has 0 aliphatic carbocycles. The number of aliphatic imine (C=N–C) groups is 1. The van der Waals surface area contributed by atoms with Gasteiger partial charge in [-0.05, 0) is 64.5 Å². The number of ether oxygens (including phenoxy) is 4. The van der Waals surface area contributed by atoms with E-state index < -0.39 is 16.9 Å². The maximum atomic E-state index is 12.9. The molecule has 0 spiro atoms. The fourth-order valence-corrected chi connectivity index (χ4v) is 4.72. The molecule has 0 bridgehead atoms. The molecule has 3 aromatic carbocycles. The molecule has 0 atom stereocenters. The lowest BCUT2D eigenvalue weighted by Crippen LogP contribution is -2.10. The molecule has 0 amide bonds. The standard InChI is InChI=1S/C24H12Br2N2O8/c25-15-7-14(8-18-24(30)36-22(27-18)12-1-4-16(5-2-12)28(31)32)21(17(26)10-15)35-23(29)13-3-6-19-20(9-13)34-11-33-19/h1-10H,11H2/b18-8-. The van der Waals surface area contributed by atoms with E-state index in [1.807, 2.05) is 0 Å². The van der Waals surface area contributed by atoms with E-state index in [9.17, 15) is 19.7 Å². The van der Waals surface area contributed by atoms with Crippen molar-refractivity contribution in [2.24, 2.45) is 4.99 Å². The van der Waals surface area contributed by atoms with Crippen LogP contribution in [0.15, 0.2) is 74.2 Å². The highest BCUT2D eigenvalue weighted by Gasteiger charge is 2.26. The van der Waals surface area contributed by atoms with Gasteiger partial charge in [0.25, 0.3) is 5.69 Å². The molecule has 3 aromatic rings. The van der Waals surface area contributed by atoms with Gasteiger partial charge in [0.1, 0.15) is 0 Å². The van der Waals surface area contributed by atoms with E-state index in [1.165, 1.54) is 36.4 Å². The van der Waals surface area contributed by atoms with E-state index in [2.05, 4.69) is 36.9 Å². The lowest BCUT2D eigenvalue weighted by Gasteiger charge is -2.11. The fourth-order valence-electron chi connectivity index (χ4n) is 3.38. The number of cyclic esters (lactones) is 1. The maximum Gasteiger partial charge on any atom is 0.363 e. The molecule has 2 heterocycles. The number of rotatable bonds is 5. The van der Waals surface area contributed by atoms with Crippen LogP contribution in [-0.4, -0.2) is 29.6 Å². The average molecular weight is 616 g/mol. The summed E-state index contributed by atoms with van der Waals surface area (Å²) in [5, 5.41) is 10.9. The van der Waals surface area contributed by atoms with Crippen LogP contribution in [0.2, 0.25) is 0 Å². The summed E-state index contributed by atoms with van der Waals surface area (Å²) in [5.74, 6) is -0.270. The van der Waals surface area contributed by atoms with E-state index >= 15 is 0 Å². The van der Waals surface area contributed by atoms with Crippen LogP contribution >= 0.6 is 31.9 Å². The highest BCUT2D eigenvalue weighted by Crippen LogP contribution is 2.37. The topological polar surface area (TPSA) is 127 Å². The maximum absolute atomic E-state index is 12.9. The summed E-state index contributed by atoms with van der Waals surface area (Å²) in [4.78, 5) is 39.9. The first-order valence-corrected chi connectivity index (χ1v) is 11.8. The number of hydrogen-bond acceptors (Lipinski definition) is 9. The molecule has 36 heavy (non-hydrogen) atoms. The fraction of sp³-hybridized carbons (Fsp3) is 0.0417. The zero-order chi connectivity index (χ0) is 25.4. The van der Waals surface area contributed by atoms with Crippen molar-refractivity contribution in [3.05, 3.63) is 96.0 Å². The summed E-state index contributed by atoms with van der Waals surface area (Å²) in [7, 11) is 0. The predicted molar refractivity (Wildman–Crippen MR) is 133 cm³/mol. The molecule has 0 unspecified atom stereocenters. The molecule has 5 rings (SSSR count). The number of nitro groups is 1. The molecule has 0 radical (unpaired) electrons. The number of carbonyl (C=O) groups excluding carboxylic acids is 2. The Labute approximate surface area is 219 Å². The Bertz CT molecular complexity index is 1500. The second-order valence-electron chi connectivity index (χ2n) is 7.40. The summed E-state index contributed by atoms with van der Waals surface area (Å²) in [6.07, 6.45) is 1.42. The van der Waals surface area contributed by atoms with E-state index in [4.69, 9.17) is 18.9 Å². The third-order valence-electron chi connectivity index (χ3n) is 5.08. The van der Waals surface area contributed by atoms with Crippen LogP contribution in [0.1, 0.15) is 21.5 Å². The number of nitro benzene ring substituents is 1. The lowest BCUT2D eigenvalue weighted by atomic mass is 10.1. The first-order chi connectivity index (χ1) is 17.3. The van der Waals surface area contributed by atoms with Crippen molar-refractivity contribution in [2.45, 2.75) is 0 Å². The molecule has 0 N–H and O–H groups in total. The van der Waals surface area contributed by atoms with Crippen molar-refractivity contribution < 1.29 is 33.5 Å². The number of carbonyl (C=O) groups is 2. The molecular weight excluding hydrogens is 604 g/mol. The highest BCUT2D eigenvalue weighted by molar-refractivity contribution is 9.11. The Morgan fingerprint density at radius 2 is 1.81 bits per heavy atom. The molecule has 0 saturated heterocycles. The minimum absolute atomic E-state index is 0.00545. The molecule has 180 valence electrons. The second-order valence-corrected chi connectivity index (χ2v) is 9.17.